The van der Waals surface area contributed by atoms with Crippen LogP contribution in [0.2, 0.25) is 5.02 Å². The van der Waals surface area contributed by atoms with Gasteiger partial charge in [0.05, 0.1) is 31.9 Å². The molecule has 0 saturated heterocycles. The molecule has 0 spiro atoms. The van der Waals surface area contributed by atoms with Gasteiger partial charge < -0.3 is 9.97 Å². The maximum absolute atomic E-state index is 14.3. The van der Waals surface area contributed by atoms with Crippen molar-refractivity contribution in [2.75, 3.05) is 0 Å². The van der Waals surface area contributed by atoms with Crippen LogP contribution in [0.25, 0.3) is 43.1 Å². The van der Waals surface area contributed by atoms with Crippen LogP contribution in [0.3, 0.4) is 0 Å². The molecule has 8 nitrogen and oxygen atoms in total. The summed E-state index contributed by atoms with van der Waals surface area (Å²) in [6.45, 7) is 4.16. The number of ketones is 2. The lowest BCUT2D eigenvalue weighted by Crippen LogP contribution is -2.22. The van der Waals surface area contributed by atoms with E-state index in [1.165, 1.54) is 24.3 Å². The fourth-order valence-corrected chi connectivity index (χ4v) is 9.28. The summed E-state index contributed by atoms with van der Waals surface area (Å²) in [4.78, 5) is 32.1. The van der Waals surface area contributed by atoms with Crippen molar-refractivity contribution in [3.63, 3.8) is 0 Å². The van der Waals surface area contributed by atoms with Gasteiger partial charge in [0, 0.05) is 26.9 Å². The molecule has 48 heavy (non-hydrogen) atoms. The zero-order chi connectivity index (χ0) is 34.4. The number of rotatable bonds is 8. The minimum Gasteiger partial charge on any atom is -0.353 e. The average Bonchev–Trinajstić information content (AvgIpc) is 3.61. The van der Waals surface area contributed by atoms with Crippen molar-refractivity contribution >= 4 is 63.4 Å². The van der Waals surface area contributed by atoms with Crippen molar-refractivity contribution in [2.45, 2.75) is 30.6 Å². The topological polar surface area (TPSA) is 134 Å². The van der Waals surface area contributed by atoms with Gasteiger partial charge in [0.2, 0.25) is 19.7 Å². The van der Waals surface area contributed by atoms with Gasteiger partial charge in [-0.05, 0) is 56.7 Å². The molecule has 0 aliphatic heterocycles. The molecule has 0 amide bonds. The van der Waals surface area contributed by atoms with Crippen LogP contribution < -0.4 is 10.7 Å². The summed E-state index contributed by atoms with van der Waals surface area (Å²) in [5, 5.41) is 0.514. The zero-order valence-corrected chi connectivity index (χ0v) is 28.4. The van der Waals surface area contributed by atoms with Crippen molar-refractivity contribution in [1.82, 2.24) is 9.97 Å². The van der Waals surface area contributed by atoms with E-state index in [0.717, 1.165) is 19.4 Å². The zero-order valence-electron chi connectivity index (χ0n) is 26.0. The van der Waals surface area contributed by atoms with Gasteiger partial charge in [-0.25, -0.2) is 16.8 Å². The highest BCUT2D eigenvalue weighted by Crippen LogP contribution is 2.36. The van der Waals surface area contributed by atoms with E-state index in [9.17, 15) is 26.4 Å². The minimum atomic E-state index is -4.43. The van der Waals surface area contributed by atoms with Gasteiger partial charge in [-0.1, -0.05) is 90.5 Å². The first kappa shape index (κ1) is 32.9. The van der Waals surface area contributed by atoms with Crippen molar-refractivity contribution in [2.24, 2.45) is 0 Å². The van der Waals surface area contributed by atoms with Gasteiger partial charge >= 0.3 is 0 Å². The van der Waals surface area contributed by atoms with Crippen LogP contribution in [-0.2, 0) is 29.3 Å². The van der Waals surface area contributed by atoms with E-state index in [1.54, 1.807) is 72.8 Å². The maximum Gasteiger partial charge on any atom is 0.212 e. The van der Waals surface area contributed by atoms with Gasteiger partial charge in [0.25, 0.3) is 0 Å². The lowest BCUT2D eigenvalue weighted by Gasteiger charge is -2.08. The first-order chi connectivity index (χ1) is 22.9. The average molecular weight is 697 g/mol. The minimum absolute atomic E-state index is 0.0722. The lowest BCUT2D eigenvalue weighted by atomic mass is 10.0. The Balaban J connectivity index is 1.98. The summed E-state index contributed by atoms with van der Waals surface area (Å²) in [6.07, 6.45) is 0. The second-order valence-electron chi connectivity index (χ2n) is 11.2. The molecule has 6 aromatic rings. The fourth-order valence-electron chi connectivity index (χ4n) is 5.95. The van der Waals surface area contributed by atoms with Gasteiger partial charge in [0.1, 0.15) is 9.81 Å². The molecule has 0 aliphatic rings. The number of nitrogens with one attached hydrogen (secondary N) is 2. The van der Waals surface area contributed by atoms with Crippen LogP contribution in [0, 0.1) is 6.92 Å². The molecule has 2 heterocycles. The molecule has 2 N–H and O–H groups in total. The van der Waals surface area contributed by atoms with E-state index >= 15 is 0 Å². The molecule has 0 aliphatic carbocycles. The number of aryl methyl sites for hydroxylation is 1. The Morgan fingerprint density at radius 3 is 1.33 bits per heavy atom. The van der Waals surface area contributed by atoms with E-state index in [4.69, 9.17) is 11.6 Å². The summed E-state index contributed by atoms with van der Waals surface area (Å²) in [5.41, 5.74) is 2.29. The van der Waals surface area contributed by atoms with E-state index in [2.05, 4.69) is 9.97 Å². The number of benzene rings is 4. The first-order valence-corrected chi connectivity index (χ1v) is 18.2. The molecule has 2 aromatic heterocycles. The second-order valence-corrected chi connectivity index (χ2v) is 15.4. The number of halogens is 1. The Hall–Kier alpha value is -5.03. The number of sulfone groups is 2. The Morgan fingerprint density at radius 1 is 0.542 bits per heavy atom. The van der Waals surface area contributed by atoms with Crippen molar-refractivity contribution < 1.29 is 26.4 Å². The number of H-pyrrole nitrogens is 2. The van der Waals surface area contributed by atoms with Crippen LogP contribution in [0.1, 0.15) is 19.4 Å². The van der Waals surface area contributed by atoms with E-state index in [0.29, 0.717) is 16.8 Å². The molecule has 0 unspecified atom stereocenters. The molecule has 0 fully saturated rings. The second kappa shape index (κ2) is 12.5. The molecule has 4 aromatic carbocycles. The smallest absolute Gasteiger partial charge is 0.212 e. The first-order valence-electron chi connectivity index (χ1n) is 14.8. The molecule has 0 saturated carbocycles. The van der Waals surface area contributed by atoms with Gasteiger partial charge in [0.15, 0.2) is 11.6 Å². The number of carbonyl (C=O) groups is 2. The number of aromatic amines is 2. The predicted molar refractivity (Wildman–Crippen MR) is 188 cm³/mol. The number of carbonyl (C=O) groups excluding carboxylic acids is 2. The quantitative estimate of drug-likeness (QED) is 0.197. The SMILES string of the molecule is CC(=O)/C(=c1/[nH]c(-c2ccccc2Cl)c2/c(=C(\C(C)=O)S(=O)(=O)c3ccccc3)[nH]c(-c3ccccc3C)c12)S(=O)(=O)c1ccccc1. The fraction of sp³-hybridized carbons (Fsp3) is 0.0811. The Labute approximate surface area is 282 Å². The number of aromatic nitrogens is 2. The van der Waals surface area contributed by atoms with Crippen LogP contribution in [-0.4, -0.2) is 38.4 Å². The van der Waals surface area contributed by atoms with E-state index < -0.39 is 41.1 Å². The maximum atomic E-state index is 14.3. The summed E-state index contributed by atoms with van der Waals surface area (Å²) in [7, 11) is -8.87. The standard InChI is InChI=1S/C37H29ClN2O6S2/c1-22-14-10-11-19-27(22)32-30-31(35(39-32)37(24(3)42)48(45,46)26-17-8-5-9-18-26)33(28-20-12-13-21-29(28)38)40-34(30)36(23(2)41)47(43,44)25-15-6-4-7-16-25/h4-21,39-40H,1-3H3/b36-34-,37-35-. The van der Waals surface area contributed by atoms with Gasteiger partial charge in [-0.15, -0.1) is 0 Å². The molecule has 0 atom stereocenters. The molecular formula is C37H29ClN2O6S2. The number of fused-ring (bicyclic) bond motifs is 1. The molecule has 0 radical (unpaired) electrons. The highest BCUT2D eigenvalue weighted by Gasteiger charge is 2.33. The van der Waals surface area contributed by atoms with Crippen LogP contribution >= 0.6 is 11.6 Å². The largest absolute Gasteiger partial charge is 0.353 e. The normalized spacial score (nSPS) is 13.3. The third-order valence-electron chi connectivity index (χ3n) is 8.05. The predicted octanol–water partition coefficient (Wildman–Crippen LogP) is 6.13. The highest BCUT2D eigenvalue weighted by atomic mass is 35.5. The number of hydrogen-bond donors (Lipinski definition) is 2. The lowest BCUT2D eigenvalue weighted by molar-refractivity contribution is -0.112. The van der Waals surface area contributed by atoms with Crippen molar-refractivity contribution in [3.8, 4) is 22.5 Å². The van der Waals surface area contributed by atoms with Crippen molar-refractivity contribution in [1.29, 1.82) is 0 Å². The monoisotopic (exact) mass is 696 g/mol. The van der Waals surface area contributed by atoms with Gasteiger partial charge in [-0.2, -0.15) is 0 Å². The third-order valence-corrected chi connectivity index (χ3v) is 12.2. The third kappa shape index (κ3) is 5.51. The molecule has 0 bridgehead atoms. The molecule has 242 valence electrons. The Morgan fingerprint density at radius 2 is 0.917 bits per heavy atom. The molecular weight excluding hydrogens is 668 g/mol. The summed E-state index contributed by atoms with van der Waals surface area (Å²) in [6, 6.07) is 29.1. The van der Waals surface area contributed by atoms with Crippen LogP contribution in [0.5, 0.6) is 0 Å². The summed E-state index contributed by atoms with van der Waals surface area (Å²) >= 11 is 6.71. The Kier molecular flexibility index (Phi) is 8.59. The summed E-state index contributed by atoms with van der Waals surface area (Å²) in [5.74, 6) is -1.50. The van der Waals surface area contributed by atoms with E-state index in [1.807, 2.05) is 19.1 Å². The highest BCUT2D eigenvalue weighted by molar-refractivity contribution is 8.02. The Bertz CT molecular complexity index is 2420. The van der Waals surface area contributed by atoms with Crippen LogP contribution in [0.4, 0.5) is 0 Å². The van der Waals surface area contributed by atoms with Gasteiger partial charge in [-0.3, -0.25) is 9.59 Å². The van der Waals surface area contributed by atoms with E-state index in [-0.39, 0.29) is 42.0 Å². The number of hydrogen-bond acceptors (Lipinski definition) is 6. The molecule has 6 rings (SSSR count). The van der Waals surface area contributed by atoms with Crippen molar-refractivity contribution in [3.05, 3.63) is 130 Å². The number of Topliss-reactive ketones (excluding diaryl/α,β-unsaturated/α-hetero) is 2. The van der Waals surface area contributed by atoms with Crippen LogP contribution in [0.15, 0.2) is 119 Å². The summed E-state index contributed by atoms with van der Waals surface area (Å²) < 4.78 is 57.1. The molecule has 11 heteroatoms.